The molecule has 168 valence electrons. The molecule has 0 saturated heterocycles. The summed E-state index contributed by atoms with van der Waals surface area (Å²) in [6.07, 6.45) is 0.553. The number of benzene rings is 2. The summed E-state index contributed by atoms with van der Waals surface area (Å²) in [5.74, 6) is 0.194. The van der Waals surface area contributed by atoms with Gasteiger partial charge in [-0.1, -0.05) is 6.92 Å². The Kier molecular flexibility index (Phi) is 6.67. The fraction of sp³-hybridized carbons (Fsp3) is 0.261. The number of rotatable bonds is 8. The molecule has 0 saturated carbocycles. The highest BCUT2D eigenvalue weighted by molar-refractivity contribution is 6.14. The van der Waals surface area contributed by atoms with Crippen molar-refractivity contribution in [3.05, 3.63) is 42.0 Å². The zero-order chi connectivity index (χ0) is 23.4. The number of anilines is 1. The summed E-state index contributed by atoms with van der Waals surface area (Å²) in [6, 6.07) is 10.4. The second kappa shape index (κ2) is 9.42. The maximum Gasteiger partial charge on any atom is 0.237 e. The van der Waals surface area contributed by atoms with Crippen LogP contribution in [-0.4, -0.2) is 48.4 Å². The van der Waals surface area contributed by atoms with Gasteiger partial charge in [-0.05, 0) is 36.8 Å². The molecule has 0 unspecified atom stereocenters. The summed E-state index contributed by atoms with van der Waals surface area (Å²) in [7, 11) is 3.10. The maximum atomic E-state index is 11.8. The van der Waals surface area contributed by atoms with E-state index in [0.717, 1.165) is 5.39 Å². The van der Waals surface area contributed by atoms with Crippen molar-refractivity contribution in [1.29, 1.82) is 0 Å². The predicted octanol–water partition coefficient (Wildman–Crippen LogP) is 3.26. The minimum atomic E-state index is -0.600. The Hall–Kier alpha value is -4.01. The number of nitrogens with zero attached hydrogens (tertiary/aromatic N) is 2. The van der Waals surface area contributed by atoms with Gasteiger partial charge in [-0.25, -0.2) is 0 Å². The number of aromatic nitrogens is 1. The van der Waals surface area contributed by atoms with Crippen LogP contribution in [0.25, 0.3) is 10.9 Å². The van der Waals surface area contributed by atoms with E-state index in [-0.39, 0.29) is 18.3 Å². The van der Waals surface area contributed by atoms with Crippen LogP contribution in [0, 0.1) is 0 Å². The molecule has 4 N–H and O–H groups in total. The first-order chi connectivity index (χ1) is 15.3. The Bertz CT molecular complexity index is 1180. The number of nitrogens with two attached hydrogens (primary N) is 1. The molecule has 0 spiro atoms. The number of amides is 2. The number of carbonyl (C=O) groups is 2. The standard InChI is InChI=1S/C23H26N4O5/c1-5-17(22-16-10-19(31-3)20(32-4)11-18(16)26-23(22)30)25-14-6-8-15(9-7-14)27(13(2)28)12-21(24)29/h6-11,26,30H,5,12H2,1-4H3,(H2,24,29). The number of H-pyrrole nitrogens is 1. The second-order valence-corrected chi connectivity index (χ2v) is 7.10. The van der Waals surface area contributed by atoms with Crippen molar-refractivity contribution in [2.24, 2.45) is 10.7 Å². The normalized spacial score (nSPS) is 11.4. The Balaban J connectivity index is 2.02. The van der Waals surface area contributed by atoms with E-state index in [4.69, 9.17) is 20.2 Å². The summed E-state index contributed by atoms with van der Waals surface area (Å²) in [5, 5.41) is 11.3. The van der Waals surface area contributed by atoms with Gasteiger partial charge in [0.25, 0.3) is 0 Å². The van der Waals surface area contributed by atoms with Crippen molar-refractivity contribution in [3.8, 4) is 17.4 Å². The fourth-order valence-electron chi connectivity index (χ4n) is 3.51. The highest BCUT2D eigenvalue weighted by Gasteiger charge is 2.19. The van der Waals surface area contributed by atoms with Gasteiger partial charge >= 0.3 is 0 Å². The van der Waals surface area contributed by atoms with Gasteiger partial charge in [0, 0.05) is 24.1 Å². The Morgan fingerprint density at radius 2 is 1.75 bits per heavy atom. The van der Waals surface area contributed by atoms with Gasteiger partial charge in [-0.2, -0.15) is 0 Å². The van der Waals surface area contributed by atoms with Crippen LogP contribution in [0.4, 0.5) is 11.4 Å². The molecule has 32 heavy (non-hydrogen) atoms. The highest BCUT2D eigenvalue weighted by atomic mass is 16.5. The molecule has 3 rings (SSSR count). The number of primary amides is 1. The zero-order valence-electron chi connectivity index (χ0n) is 18.4. The van der Waals surface area contributed by atoms with E-state index in [1.54, 1.807) is 50.6 Å². The van der Waals surface area contributed by atoms with Gasteiger partial charge in [-0.3, -0.25) is 14.6 Å². The molecule has 0 radical (unpaired) electrons. The quantitative estimate of drug-likeness (QED) is 0.465. The first-order valence-electron chi connectivity index (χ1n) is 10.00. The van der Waals surface area contributed by atoms with Gasteiger partial charge in [0.05, 0.1) is 36.7 Å². The number of aromatic hydroxyl groups is 1. The van der Waals surface area contributed by atoms with E-state index in [1.165, 1.54) is 11.8 Å². The van der Waals surface area contributed by atoms with E-state index in [1.807, 2.05) is 6.92 Å². The monoisotopic (exact) mass is 438 g/mol. The third-order valence-electron chi connectivity index (χ3n) is 5.03. The van der Waals surface area contributed by atoms with Crippen LogP contribution in [0.3, 0.4) is 0 Å². The molecule has 9 nitrogen and oxygen atoms in total. The molecule has 2 aromatic carbocycles. The molecule has 0 bridgehead atoms. The maximum absolute atomic E-state index is 11.8. The van der Waals surface area contributed by atoms with Crippen molar-refractivity contribution in [3.63, 3.8) is 0 Å². The summed E-state index contributed by atoms with van der Waals surface area (Å²) in [4.78, 5) is 32.1. The van der Waals surface area contributed by atoms with Crippen molar-refractivity contribution in [2.75, 3.05) is 25.7 Å². The highest BCUT2D eigenvalue weighted by Crippen LogP contribution is 2.37. The number of ether oxygens (including phenoxy) is 2. The van der Waals surface area contributed by atoms with E-state index in [2.05, 4.69) is 4.98 Å². The molecular weight excluding hydrogens is 412 g/mol. The second-order valence-electron chi connectivity index (χ2n) is 7.10. The van der Waals surface area contributed by atoms with E-state index in [9.17, 15) is 14.7 Å². The number of methoxy groups -OCH3 is 2. The topological polar surface area (TPSA) is 130 Å². The average Bonchev–Trinajstić information content (AvgIpc) is 3.09. The van der Waals surface area contributed by atoms with Crippen LogP contribution < -0.4 is 20.1 Å². The summed E-state index contributed by atoms with van der Waals surface area (Å²) in [5.41, 5.74) is 8.33. The number of hydrogen-bond acceptors (Lipinski definition) is 6. The van der Waals surface area contributed by atoms with Crippen molar-refractivity contribution in [2.45, 2.75) is 20.3 Å². The number of carbonyl (C=O) groups excluding carboxylic acids is 2. The Morgan fingerprint density at radius 1 is 1.12 bits per heavy atom. The molecule has 1 aromatic heterocycles. The number of aliphatic imine (C=N–C) groups is 1. The molecule has 3 aromatic rings. The molecule has 9 heteroatoms. The number of fused-ring (bicyclic) bond motifs is 1. The largest absolute Gasteiger partial charge is 0.494 e. The molecular formula is C23H26N4O5. The van der Waals surface area contributed by atoms with E-state index in [0.29, 0.717) is 46.1 Å². The number of nitrogens with one attached hydrogen (secondary N) is 1. The molecule has 0 aliphatic rings. The summed E-state index contributed by atoms with van der Waals surface area (Å²) >= 11 is 0. The third kappa shape index (κ3) is 4.51. The SMILES string of the molecule is CCC(=Nc1ccc(N(CC(N)=O)C(C)=O)cc1)c1c(O)[nH]c2cc(OC)c(OC)cc12. The van der Waals surface area contributed by atoms with Gasteiger partial charge in [-0.15, -0.1) is 0 Å². The van der Waals surface area contributed by atoms with Crippen LogP contribution in [0.2, 0.25) is 0 Å². The predicted molar refractivity (Wildman–Crippen MR) is 123 cm³/mol. The molecule has 1 heterocycles. The first-order valence-corrected chi connectivity index (χ1v) is 10.00. The van der Waals surface area contributed by atoms with Crippen LogP contribution >= 0.6 is 0 Å². The number of aromatic amines is 1. The zero-order valence-corrected chi connectivity index (χ0v) is 18.4. The van der Waals surface area contributed by atoms with Crippen molar-refractivity contribution >= 4 is 39.8 Å². The Morgan fingerprint density at radius 3 is 2.28 bits per heavy atom. The lowest BCUT2D eigenvalue weighted by atomic mass is 10.1. The van der Waals surface area contributed by atoms with Crippen LogP contribution in [-0.2, 0) is 9.59 Å². The lowest BCUT2D eigenvalue weighted by molar-refractivity contribution is -0.121. The minimum absolute atomic E-state index is 0.00302. The summed E-state index contributed by atoms with van der Waals surface area (Å²) < 4.78 is 10.7. The smallest absolute Gasteiger partial charge is 0.237 e. The van der Waals surface area contributed by atoms with Gasteiger partial charge in [0.1, 0.15) is 6.54 Å². The van der Waals surface area contributed by atoms with Crippen molar-refractivity contribution < 1.29 is 24.2 Å². The minimum Gasteiger partial charge on any atom is -0.494 e. The van der Waals surface area contributed by atoms with Gasteiger partial charge in [0.15, 0.2) is 17.4 Å². The van der Waals surface area contributed by atoms with Crippen LogP contribution in [0.5, 0.6) is 17.4 Å². The molecule has 0 fully saturated rings. The third-order valence-corrected chi connectivity index (χ3v) is 5.03. The average molecular weight is 438 g/mol. The lowest BCUT2D eigenvalue weighted by Gasteiger charge is -2.19. The number of hydrogen-bond donors (Lipinski definition) is 3. The first kappa shape index (κ1) is 22.7. The molecule has 0 aliphatic carbocycles. The lowest BCUT2D eigenvalue weighted by Crippen LogP contribution is -2.37. The molecule has 0 aliphatic heterocycles. The Labute approximate surface area is 185 Å². The summed E-state index contributed by atoms with van der Waals surface area (Å²) in [6.45, 7) is 3.11. The van der Waals surface area contributed by atoms with Crippen molar-refractivity contribution in [1.82, 2.24) is 4.98 Å². The fourth-order valence-corrected chi connectivity index (χ4v) is 3.51. The van der Waals surface area contributed by atoms with Crippen LogP contribution in [0.15, 0.2) is 41.4 Å². The van der Waals surface area contributed by atoms with Gasteiger partial charge < -0.3 is 30.2 Å². The molecule has 0 atom stereocenters. The molecule has 2 amide bonds. The van der Waals surface area contributed by atoms with Gasteiger partial charge in [0.2, 0.25) is 11.8 Å². The van der Waals surface area contributed by atoms with Crippen LogP contribution in [0.1, 0.15) is 25.8 Å². The van der Waals surface area contributed by atoms with E-state index < -0.39 is 5.91 Å². The van der Waals surface area contributed by atoms with E-state index >= 15 is 0 Å².